The van der Waals surface area contributed by atoms with Crippen molar-refractivity contribution in [1.82, 2.24) is 5.32 Å². The van der Waals surface area contributed by atoms with Crippen LogP contribution in [0.15, 0.2) is 40.8 Å². The van der Waals surface area contributed by atoms with Gasteiger partial charge < -0.3 is 15.5 Å². The average molecular weight is 286 g/mol. The fourth-order valence-electron chi connectivity index (χ4n) is 2.44. The molecule has 0 aliphatic rings. The zero-order valence-corrected chi connectivity index (χ0v) is 12.7. The van der Waals surface area contributed by atoms with Crippen LogP contribution in [0.2, 0.25) is 0 Å². The highest BCUT2D eigenvalue weighted by atomic mass is 16.3. The summed E-state index contributed by atoms with van der Waals surface area (Å²) < 4.78 is 5.49. The lowest BCUT2D eigenvalue weighted by molar-refractivity contribution is -0.123. The molecule has 1 heterocycles. The second-order valence-corrected chi connectivity index (χ2v) is 5.40. The van der Waals surface area contributed by atoms with Gasteiger partial charge in [-0.1, -0.05) is 30.3 Å². The molecular weight excluding hydrogens is 264 g/mol. The zero-order valence-electron chi connectivity index (χ0n) is 12.7. The van der Waals surface area contributed by atoms with Gasteiger partial charge in [-0.3, -0.25) is 4.79 Å². The summed E-state index contributed by atoms with van der Waals surface area (Å²) in [7, 11) is 0. The van der Waals surface area contributed by atoms with Crippen LogP contribution in [0.1, 0.15) is 35.6 Å². The third-order valence-corrected chi connectivity index (χ3v) is 3.54. The van der Waals surface area contributed by atoms with Crippen LogP contribution in [0.25, 0.3) is 0 Å². The third-order valence-electron chi connectivity index (χ3n) is 3.54. The minimum Gasteiger partial charge on any atom is -0.466 e. The van der Waals surface area contributed by atoms with Gasteiger partial charge >= 0.3 is 0 Å². The molecule has 3 N–H and O–H groups in total. The molecule has 1 aromatic heterocycles. The Morgan fingerprint density at radius 1 is 1.29 bits per heavy atom. The first-order valence-electron chi connectivity index (χ1n) is 7.14. The largest absolute Gasteiger partial charge is 0.466 e. The van der Waals surface area contributed by atoms with E-state index < -0.39 is 6.04 Å². The van der Waals surface area contributed by atoms with Crippen LogP contribution in [-0.4, -0.2) is 11.9 Å². The Morgan fingerprint density at radius 2 is 1.95 bits per heavy atom. The molecule has 0 bridgehead atoms. The van der Waals surface area contributed by atoms with Gasteiger partial charge in [0.1, 0.15) is 11.5 Å². The van der Waals surface area contributed by atoms with Crippen LogP contribution in [0, 0.1) is 13.8 Å². The topological polar surface area (TPSA) is 68.3 Å². The highest BCUT2D eigenvalue weighted by Gasteiger charge is 2.19. The molecule has 1 aromatic carbocycles. The minimum absolute atomic E-state index is 0.114. The summed E-state index contributed by atoms with van der Waals surface area (Å²) in [6.45, 7) is 5.73. The van der Waals surface area contributed by atoms with Crippen molar-refractivity contribution in [3.63, 3.8) is 0 Å². The number of nitrogens with one attached hydrogen (secondary N) is 1. The second-order valence-electron chi connectivity index (χ2n) is 5.40. The van der Waals surface area contributed by atoms with E-state index in [1.54, 1.807) is 0 Å². The summed E-state index contributed by atoms with van der Waals surface area (Å²) in [6, 6.07) is 11.1. The maximum absolute atomic E-state index is 12.2. The van der Waals surface area contributed by atoms with Gasteiger partial charge in [-0.25, -0.2) is 0 Å². The summed E-state index contributed by atoms with van der Waals surface area (Å²) in [5, 5.41) is 2.95. The molecule has 0 aliphatic heterocycles. The molecule has 4 nitrogen and oxygen atoms in total. The highest BCUT2D eigenvalue weighted by molar-refractivity contribution is 5.82. The van der Waals surface area contributed by atoms with Crippen molar-refractivity contribution in [2.45, 2.75) is 39.3 Å². The van der Waals surface area contributed by atoms with Crippen molar-refractivity contribution in [2.24, 2.45) is 5.73 Å². The van der Waals surface area contributed by atoms with E-state index in [4.69, 9.17) is 10.2 Å². The molecule has 0 saturated carbocycles. The van der Waals surface area contributed by atoms with Crippen molar-refractivity contribution in [3.8, 4) is 0 Å². The van der Waals surface area contributed by atoms with E-state index in [1.165, 1.54) is 0 Å². The van der Waals surface area contributed by atoms with Gasteiger partial charge in [0.15, 0.2) is 0 Å². The molecule has 0 spiro atoms. The maximum atomic E-state index is 12.2. The van der Waals surface area contributed by atoms with E-state index in [1.807, 2.05) is 57.2 Å². The Hall–Kier alpha value is -2.07. The van der Waals surface area contributed by atoms with Gasteiger partial charge in [-0.2, -0.15) is 0 Å². The molecule has 112 valence electrons. The van der Waals surface area contributed by atoms with Crippen LogP contribution >= 0.6 is 0 Å². The molecule has 2 rings (SSSR count). The van der Waals surface area contributed by atoms with Crippen molar-refractivity contribution in [3.05, 3.63) is 59.0 Å². The maximum Gasteiger partial charge on any atom is 0.237 e. The lowest BCUT2D eigenvalue weighted by atomic mass is 10.0. The number of aryl methyl sites for hydroxylation is 2. The van der Waals surface area contributed by atoms with Crippen LogP contribution in [-0.2, 0) is 11.2 Å². The molecule has 0 saturated heterocycles. The fraction of sp³-hybridized carbons (Fsp3) is 0.353. The molecule has 0 fully saturated rings. The number of hydrogen-bond acceptors (Lipinski definition) is 3. The van der Waals surface area contributed by atoms with E-state index in [2.05, 4.69) is 5.32 Å². The lowest BCUT2D eigenvalue weighted by Crippen LogP contribution is -2.43. The summed E-state index contributed by atoms with van der Waals surface area (Å²) in [5.74, 6) is 1.53. The normalized spacial score (nSPS) is 13.7. The summed E-state index contributed by atoms with van der Waals surface area (Å²) in [6.07, 6.45) is 0.531. The van der Waals surface area contributed by atoms with E-state index in [9.17, 15) is 4.79 Å². The highest BCUT2D eigenvalue weighted by Crippen LogP contribution is 2.21. The SMILES string of the molecule is Cc1cc(C(C)NC(=O)[C@@H](N)Cc2ccccc2)c(C)o1. The predicted molar refractivity (Wildman–Crippen MR) is 82.9 cm³/mol. The Morgan fingerprint density at radius 3 is 2.52 bits per heavy atom. The monoisotopic (exact) mass is 286 g/mol. The number of carbonyl (C=O) groups excluding carboxylic acids is 1. The number of nitrogens with two attached hydrogens (primary N) is 1. The van der Waals surface area contributed by atoms with E-state index in [0.717, 1.165) is 22.6 Å². The molecule has 2 aromatic rings. The number of hydrogen-bond donors (Lipinski definition) is 2. The number of furan rings is 1. The van der Waals surface area contributed by atoms with E-state index >= 15 is 0 Å². The van der Waals surface area contributed by atoms with E-state index in [-0.39, 0.29) is 11.9 Å². The summed E-state index contributed by atoms with van der Waals surface area (Å²) in [4.78, 5) is 12.2. The minimum atomic E-state index is -0.553. The number of carbonyl (C=O) groups is 1. The van der Waals surface area contributed by atoms with Gasteiger partial charge in [0.05, 0.1) is 12.1 Å². The molecule has 4 heteroatoms. The molecule has 0 aliphatic carbocycles. The van der Waals surface area contributed by atoms with Crippen LogP contribution in [0.4, 0.5) is 0 Å². The Kier molecular flexibility index (Phi) is 4.81. The first-order chi connectivity index (χ1) is 9.97. The van der Waals surface area contributed by atoms with Crippen LogP contribution in [0.5, 0.6) is 0 Å². The number of rotatable bonds is 5. The standard InChI is InChI=1S/C17H22N2O2/c1-11-9-15(13(3)21-11)12(2)19-17(20)16(18)10-14-7-5-4-6-8-14/h4-9,12,16H,10,18H2,1-3H3,(H,19,20)/t12?,16-/m0/s1. The van der Waals surface area contributed by atoms with Gasteiger partial charge in [0, 0.05) is 5.56 Å². The van der Waals surface area contributed by atoms with Gasteiger partial charge in [-0.05, 0) is 38.8 Å². The molecule has 1 unspecified atom stereocenters. The van der Waals surface area contributed by atoms with Crippen molar-refractivity contribution in [2.75, 3.05) is 0 Å². The van der Waals surface area contributed by atoms with E-state index in [0.29, 0.717) is 6.42 Å². The van der Waals surface area contributed by atoms with Crippen molar-refractivity contribution in [1.29, 1.82) is 0 Å². The predicted octanol–water partition coefficient (Wildman–Crippen LogP) is 2.64. The molecular formula is C17H22N2O2. The second kappa shape index (κ2) is 6.59. The van der Waals surface area contributed by atoms with Crippen molar-refractivity contribution < 1.29 is 9.21 Å². The smallest absolute Gasteiger partial charge is 0.237 e. The fourth-order valence-corrected chi connectivity index (χ4v) is 2.44. The Bertz CT molecular complexity index is 605. The van der Waals surface area contributed by atoms with Crippen LogP contribution < -0.4 is 11.1 Å². The summed E-state index contributed by atoms with van der Waals surface area (Å²) in [5.41, 5.74) is 8.04. The number of amides is 1. The van der Waals surface area contributed by atoms with Crippen molar-refractivity contribution >= 4 is 5.91 Å². The first kappa shape index (κ1) is 15.3. The quantitative estimate of drug-likeness (QED) is 0.888. The zero-order chi connectivity index (χ0) is 15.4. The molecule has 2 atom stereocenters. The molecule has 21 heavy (non-hydrogen) atoms. The van der Waals surface area contributed by atoms with Gasteiger partial charge in [-0.15, -0.1) is 0 Å². The lowest BCUT2D eigenvalue weighted by Gasteiger charge is -2.17. The average Bonchev–Trinajstić information content (AvgIpc) is 2.78. The molecule has 1 amide bonds. The Labute approximate surface area is 125 Å². The van der Waals surface area contributed by atoms with Crippen LogP contribution in [0.3, 0.4) is 0 Å². The first-order valence-corrected chi connectivity index (χ1v) is 7.14. The molecule has 0 radical (unpaired) electrons. The summed E-state index contributed by atoms with van der Waals surface area (Å²) >= 11 is 0. The third kappa shape index (κ3) is 3.95. The van der Waals surface area contributed by atoms with Gasteiger partial charge in [0.25, 0.3) is 0 Å². The van der Waals surface area contributed by atoms with Gasteiger partial charge in [0.2, 0.25) is 5.91 Å². The number of benzene rings is 1. The Balaban J connectivity index is 1.96.